The second kappa shape index (κ2) is 7.54. The number of nitrogens with one attached hydrogen (secondary N) is 2. The third-order valence-corrected chi connectivity index (χ3v) is 4.61. The first-order valence-corrected chi connectivity index (χ1v) is 8.49. The number of terminal acetylenes is 1. The topological polar surface area (TPSA) is 74.4 Å². The van der Waals surface area contributed by atoms with E-state index in [0.29, 0.717) is 12.1 Å². The molecule has 1 aliphatic heterocycles. The molecule has 2 heterocycles. The normalized spacial score (nSPS) is 18.9. The van der Waals surface area contributed by atoms with E-state index in [1.807, 2.05) is 6.07 Å². The number of amides is 2. The summed E-state index contributed by atoms with van der Waals surface area (Å²) < 4.78 is 5.57. The van der Waals surface area contributed by atoms with Gasteiger partial charge in [0.2, 0.25) is 0 Å². The lowest BCUT2D eigenvalue weighted by atomic mass is 10.1. The van der Waals surface area contributed by atoms with E-state index < -0.39 is 0 Å². The van der Waals surface area contributed by atoms with Crippen molar-refractivity contribution < 1.29 is 9.53 Å². The predicted molar refractivity (Wildman–Crippen MR) is 90.7 cm³/mol. The van der Waals surface area contributed by atoms with E-state index in [4.69, 9.17) is 11.2 Å². The Hall–Kier alpha value is -2.26. The fourth-order valence-corrected chi connectivity index (χ4v) is 3.34. The van der Waals surface area contributed by atoms with Crippen molar-refractivity contribution in [2.45, 2.75) is 44.8 Å². The number of H-pyrrole nitrogens is 1. The standard InChI is InChI=1S/C18H23N3O3/c1-2-8-21(12-15-6-4-9-24-15)18(23)19-11-14-10-13-5-3-7-16(13)20-17(14)22/h1,10,15H,3-9,11-12H2,(H,19,23)(H,20,22). The van der Waals surface area contributed by atoms with E-state index in [0.717, 1.165) is 44.4 Å². The van der Waals surface area contributed by atoms with E-state index in [1.165, 1.54) is 5.56 Å². The first-order chi connectivity index (χ1) is 11.7. The van der Waals surface area contributed by atoms with Gasteiger partial charge in [0.05, 0.1) is 12.6 Å². The van der Waals surface area contributed by atoms with Gasteiger partial charge in [0.25, 0.3) is 5.56 Å². The van der Waals surface area contributed by atoms with Crippen LogP contribution in [0.1, 0.15) is 36.1 Å². The van der Waals surface area contributed by atoms with Gasteiger partial charge in [-0.15, -0.1) is 6.42 Å². The van der Waals surface area contributed by atoms with Gasteiger partial charge in [0.1, 0.15) is 0 Å². The molecule has 2 amide bonds. The Kier molecular flexibility index (Phi) is 5.21. The Morgan fingerprint density at radius 3 is 3.08 bits per heavy atom. The van der Waals surface area contributed by atoms with Gasteiger partial charge in [-0.05, 0) is 43.7 Å². The summed E-state index contributed by atoms with van der Waals surface area (Å²) in [6.07, 6.45) is 10.3. The van der Waals surface area contributed by atoms with Gasteiger partial charge in [0, 0.05) is 31.0 Å². The minimum Gasteiger partial charge on any atom is -0.376 e. The van der Waals surface area contributed by atoms with Crippen molar-refractivity contribution in [2.75, 3.05) is 19.7 Å². The molecule has 0 spiro atoms. The van der Waals surface area contributed by atoms with Gasteiger partial charge in [0.15, 0.2) is 0 Å². The molecule has 1 atom stereocenters. The Morgan fingerprint density at radius 2 is 2.33 bits per heavy atom. The summed E-state index contributed by atoms with van der Waals surface area (Å²) in [4.78, 5) is 29.0. The number of pyridine rings is 1. The van der Waals surface area contributed by atoms with Gasteiger partial charge < -0.3 is 19.9 Å². The maximum atomic E-state index is 12.4. The zero-order valence-corrected chi connectivity index (χ0v) is 13.8. The number of fused-ring (bicyclic) bond motifs is 1. The molecule has 1 aliphatic carbocycles. The molecule has 6 nitrogen and oxygen atoms in total. The Morgan fingerprint density at radius 1 is 1.46 bits per heavy atom. The molecule has 2 N–H and O–H groups in total. The first-order valence-electron chi connectivity index (χ1n) is 8.49. The lowest BCUT2D eigenvalue weighted by Crippen LogP contribution is -2.44. The molecule has 1 unspecified atom stereocenters. The molecule has 1 saturated heterocycles. The number of hydrogen-bond donors (Lipinski definition) is 2. The van der Waals surface area contributed by atoms with Crippen LogP contribution in [-0.2, 0) is 24.1 Å². The monoisotopic (exact) mass is 329 g/mol. The van der Waals surface area contributed by atoms with Gasteiger partial charge in [-0.25, -0.2) is 4.79 Å². The summed E-state index contributed by atoms with van der Waals surface area (Å²) in [5.74, 6) is 2.51. The average molecular weight is 329 g/mol. The van der Waals surface area contributed by atoms with Crippen LogP contribution in [0.15, 0.2) is 10.9 Å². The van der Waals surface area contributed by atoms with Crippen LogP contribution in [-0.4, -0.2) is 41.7 Å². The molecule has 3 rings (SSSR count). The van der Waals surface area contributed by atoms with E-state index in [9.17, 15) is 9.59 Å². The number of aromatic nitrogens is 1. The van der Waals surface area contributed by atoms with Crippen molar-refractivity contribution in [1.29, 1.82) is 0 Å². The van der Waals surface area contributed by atoms with E-state index in [2.05, 4.69) is 16.2 Å². The highest BCUT2D eigenvalue weighted by atomic mass is 16.5. The molecule has 1 fully saturated rings. The van der Waals surface area contributed by atoms with Gasteiger partial charge in [-0.2, -0.15) is 0 Å². The van der Waals surface area contributed by atoms with Crippen LogP contribution >= 0.6 is 0 Å². The molecular formula is C18H23N3O3. The van der Waals surface area contributed by atoms with E-state index in [-0.39, 0.29) is 30.8 Å². The van der Waals surface area contributed by atoms with Crippen LogP contribution in [0.3, 0.4) is 0 Å². The number of ether oxygens (including phenoxy) is 1. The van der Waals surface area contributed by atoms with Gasteiger partial charge in [-0.1, -0.05) is 5.92 Å². The second-order valence-electron chi connectivity index (χ2n) is 6.36. The highest BCUT2D eigenvalue weighted by Gasteiger charge is 2.22. The SMILES string of the molecule is C#CCN(CC1CCCO1)C(=O)NCc1cc2c([nH]c1=O)CCC2. The number of carbonyl (C=O) groups is 1. The maximum absolute atomic E-state index is 12.4. The molecule has 0 saturated carbocycles. The highest BCUT2D eigenvalue weighted by Crippen LogP contribution is 2.18. The molecular weight excluding hydrogens is 306 g/mol. The van der Waals surface area contributed by atoms with Crippen LogP contribution in [0.2, 0.25) is 0 Å². The van der Waals surface area contributed by atoms with Crippen molar-refractivity contribution in [3.05, 3.63) is 33.2 Å². The molecule has 6 heteroatoms. The minimum atomic E-state index is -0.261. The van der Waals surface area contributed by atoms with E-state index in [1.54, 1.807) is 4.90 Å². The van der Waals surface area contributed by atoms with E-state index >= 15 is 0 Å². The third kappa shape index (κ3) is 3.80. The summed E-state index contributed by atoms with van der Waals surface area (Å²) in [6, 6.07) is 1.65. The van der Waals surface area contributed by atoms with Crippen LogP contribution in [0, 0.1) is 12.3 Å². The molecule has 1 aromatic rings. The number of urea groups is 1. The first kappa shape index (κ1) is 16.6. The van der Waals surface area contributed by atoms with Crippen LogP contribution in [0.4, 0.5) is 4.79 Å². The second-order valence-corrected chi connectivity index (χ2v) is 6.36. The fourth-order valence-electron chi connectivity index (χ4n) is 3.34. The van der Waals surface area contributed by atoms with Crippen molar-refractivity contribution in [1.82, 2.24) is 15.2 Å². The summed E-state index contributed by atoms with van der Waals surface area (Å²) >= 11 is 0. The van der Waals surface area contributed by atoms with Crippen LogP contribution in [0.5, 0.6) is 0 Å². The molecule has 0 aromatic carbocycles. The zero-order chi connectivity index (χ0) is 16.9. The fraction of sp³-hybridized carbons (Fsp3) is 0.556. The van der Waals surface area contributed by atoms with Gasteiger partial charge in [-0.3, -0.25) is 4.79 Å². The maximum Gasteiger partial charge on any atom is 0.318 e. The quantitative estimate of drug-likeness (QED) is 0.797. The van der Waals surface area contributed by atoms with Crippen LogP contribution < -0.4 is 10.9 Å². The van der Waals surface area contributed by atoms with Crippen LogP contribution in [0.25, 0.3) is 0 Å². The third-order valence-electron chi connectivity index (χ3n) is 4.61. The minimum absolute atomic E-state index is 0.0486. The number of hydrogen-bond acceptors (Lipinski definition) is 3. The molecule has 128 valence electrons. The summed E-state index contributed by atoms with van der Waals surface area (Å²) in [7, 11) is 0. The number of aryl methyl sites for hydroxylation is 2. The van der Waals surface area contributed by atoms with Crippen molar-refractivity contribution >= 4 is 6.03 Å². The molecule has 0 radical (unpaired) electrons. The predicted octanol–water partition coefficient (Wildman–Crippen LogP) is 1.19. The molecule has 2 aliphatic rings. The lowest BCUT2D eigenvalue weighted by molar-refractivity contribution is 0.0845. The molecule has 1 aromatic heterocycles. The molecule has 0 bridgehead atoms. The average Bonchev–Trinajstić information content (AvgIpc) is 3.23. The number of carbonyl (C=O) groups excluding carboxylic acids is 1. The van der Waals surface area contributed by atoms with Crippen molar-refractivity contribution in [3.63, 3.8) is 0 Å². The number of nitrogens with zero attached hydrogens (tertiary/aromatic N) is 1. The molecule has 24 heavy (non-hydrogen) atoms. The largest absolute Gasteiger partial charge is 0.376 e. The van der Waals surface area contributed by atoms with Crippen molar-refractivity contribution in [2.24, 2.45) is 0 Å². The van der Waals surface area contributed by atoms with Crippen molar-refractivity contribution in [3.8, 4) is 12.3 Å². The highest BCUT2D eigenvalue weighted by molar-refractivity contribution is 5.74. The summed E-state index contributed by atoms with van der Waals surface area (Å²) in [6.45, 7) is 1.65. The summed E-state index contributed by atoms with van der Waals surface area (Å²) in [5, 5.41) is 2.81. The van der Waals surface area contributed by atoms with Gasteiger partial charge >= 0.3 is 6.03 Å². The lowest BCUT2D eigenvalue weighted by Gasteiger charge is -2.23. The Balaban J connectivity index is 1.61. The smallest absolute Gasteiger partial charge is 0.318 e. The number of rotatable bonds is 5. The zero-order valence-electron chi connectivity index (χ0n) is 13.8. The summed E-state index contributed by atoms with van der Waals surface area (Å²) in [5.41, 5.74) is 2.67. The number of aromatic amines is 1. The Labute approximate surface area is 141 Å². The Bertz CT molecular complexity index is 698.